The molecule has 1 aliphatic heterocycles. The van der Waals surface area contributed by atoms with E-state index in [1.165, 1.54) is 12.1 Å². The van der Waals surface area contributed by atoms with Gasteiger partial charge in [0.2, 0.25) is 5.88 Å². The maximum absolute atomic E-state index is 12.9. The van der Waals surface area contributed by atoms with Crippen LogP contribution in [0.5, 0.6) is 5.88 Å². The summed E-state index contributed by atoms with van der Waals surface area (Å²) in [6.07, 6.45) is 6.02. The molecule has 0 radical (unpaired) electrons. The van der Waals surface area contributed by atoms with Gasteiger partial charge in [0.05, 0.1) is 6.20 Å². The van der Waals surface area contributed by atoms with Crippen LogP contribution in [-0.2, 0) is 0 Å². The Balaban J connectivity index is 1.31. The normalized spacial score (nSPS) is 14.4. The predicted octanol–water partition coefficient (Wildman–Crippen LogP) is 4.36. The molecule has 1 N–H and O–H groups in total. The number of halogens is 1. The largest absolute Gasteiger partial charge is 0.474 e. The molecule has 0 unspecified atom stereocenters. The van der Waals surface area contributed by atoms with E-state index in [9.17, 15) is 9.18 Å². The summed E-state index contributed by atoms with van der Waals surface area (Å²) in [5, 5.41) is 2.96. The van der Waals surface area contributed by atoms with Crippen molar-refractivity contribution >= 4 is 11.7 Å². The highest BCUT2D eigenvalue weighted by molar-refractivity contribution is 5.90. The molecule has 29 heavy (non-hydrogen) atoms. The van der Waals surface area contributed by atoms with E-state index >= 15 is 0 Å². The number of nitrogens with one attached hydrogen (secondary N) is 1. The first-order chi connectivity index (χ1) is 14.2. The smallest absolute Gasteiger partial charge is 0.321 e. The molecule has 1 fully saturated rings. The fraction of sp³-hybridized carbons (Fsp3) is 0.227. The number of likely N-dealkylation sites (tertiary alicyclic amines) is 1. The van der Waals surface area contributed by atoms with Gasteiger partial charge in [-0.05, 0) is 29.8 Å². The molecule has 0 atom stereocenters. The molecule has 1 aromatic carbocycles. The van der Waals surface area contributed by atoms with Gasteiger partial charge >= 0.3 is 6.03 Å². The maximum Gasteiger partial charge on any atom is 0.321 e. The summed E-state index contributed by atoms with van der Waals surface area (Å²) >= 11 is 0. The third kappa shape index (κ3) is 4.87. The minimum atomic E-state index is -0.392. The highest BCUT2D eigenvalue weighted by atomic mass is 19.1. The van der Waals surface area contributed by atoms with E-state index in [0.717, 1.165) is 23.0 Å². The third-order valence-electron chi connectivity index (χ3n) is 4.83. The van der Waals surface area contributed by atoms with E-state index in [-0.39, 0.29) is 12.1 Å². The van der Waals surface area contributed by atoms with Crippen molar-refractivity contribution in [2.75, 3.05) is 18.4 Å². The number of pyridine rings is 2. The van der Waals surface area contributed by atoms with E-state index in [0.29, 0.717) is 31.8 Å². The van der Waals surface area contributed by atoms with E-state index < -0.39 is 5.82 Å². The van der Waals surface area contributed by atoms with Crippen molar-refractivity contribution in [1.82, 2.24) is 14.9 Å². The van der Waals surface area contributed by atoms with Gasteiger partial charge in [0.25, 0.3) is 0 Å². The lowest BCUT2D eigenvalue weighted by Crippen LogP contribution is -2.43. The van der Waals surface area contributed by atoms with Gasteiger partial charge in [0.1, 0.15) is 11.9 Å². The summed E-state index contributed by atoms with van der Waals surface area (Å²) in [7, 11) is 0. The van der Waals surface area contributed by atoms with E-state index in [1.54, 1.807) is 17.3 Å². The molecule has 4 rings (SSSR count). The number of rotatable bonds is 4. The number of hydrogen-bond acceptors (Lipinski definition) is 4. The second-order valence-electron chi connectivity index (χ2n) is 6.87. The number of hydrogen-bond donors (Lipinski definition) is 1. The summed E-state index contributed by atoms with van der Waals surface area (Å²) in [6, 6.07) is 14.3. The Morgan fingerprint density at radius 3 is 2.62 bits per heavy atom. The Morgan fingerprint density at radius 1 is 1.07 bits per heavy atom. The van der Waals surface area contributed by atoms with Gasteiger partial charge in [0, 0.05) is 55.6 Å². The minimum absolute atomic E-state index is 0.0362. The predicted molar refractivity (Wildman–Crippen MR) is 108 cm³/mol. The van der Waals surface area contributed by atoms with Crippen molar-refractivity contribution in [2.24, 2.45) is 0 Å². The quantitative estimate of drug-likeness (QED) is 0.716. The summed E-state index contributed by atoms with van der Waals surface area (Å²) in [6.45, 7) is 1.17. The van der Waals surface area contributed by atoms with Crippen LogP contribution in [0.4, 0.5) is 14.9 Å². The number of piperidine rings is 1. The summed E-state index contributed by atoms with van der Waals surface area (Å²) in [5.41, 5.74) is 2.73. The third-order valence-corrected chi connectivity index (χ3v) is 4.83. The van der Waals surface area contributed by atoms with E-state index in [2.05, 4.69) is 15.3 Å². The topological polar surface area (TPSA) is 67.4 Å². The van der Waals surface area contributed by atoms with Crippen LogP contribution in [0.2, 0.25) is 0 Å². The monoisotopic (exact) mass is 392 g/mol. The SMILES string of the molecule is O=C(Nc1cccc(-c2cccnc2)c1)N1CCC(Oc2ccc(F)cn2)CC1. The van der Waals surface area contributed by atoms with Crippen LogP contribution in [0.15, 0.2) is 67.1 Å². The summed E-state index contributed by atoms with van der Waals surface area (Å²) in [4.78, 5) is 22.5. The molecule has 3 aromatic rings. The first-order valence-corrected chi connectivity index (χ1v) is 9.52. The van der Waals surface area contributed by atoms with Crippen molar-refractivity contribution < 1.29 is 13.9 Å². The molecular formula is C22H21FN4O2. The van der Waals surface area contributed by atoms with Crippen LogP contribution in [0.3, 0.4) is 0 Å². The van der Waals surface area contributed by atoms with Crippen molar-refractivity contribution in [1.29, 1.82) is 0 Å². The number of amides is 2. The summed E-state index contributed by atoms with van der Waals surface area (Å²) in [5.74, 6) is 0.0120. The van der Waals surface area contributed by atoms with Crippen LogP contribution >= 0.6 is 0 Å². The van der Waals surface area contributed by atoms with Crippen molar-refractivity contribution in [2.45, 2.75) is 18.9 Å². The zero-order chi connectivity index (χ0) is 20.1. The summed E-state index contributed by atoms with van der Waals surface area (Å²) < 4.78 is 18.7. The highest BCUT2D eigenvalue weighted by Crippen LogP contribution is 2.23. The first kappa shape index (κ1) is 18.9. The Labute approximate surface area is 168 Å². The molecule has 2 amide bonds. The number of benzene rings is 1. The molecule has 148 valence electrons. The van der Waals surface area contributed by atoms with Crippen LogP contribution in [0.1, 0.15) is 12.8 Å². The van der Waals surface area contributed by atoms with Gasteiger partial charge in [0.15, 0.2) is 0 Å². The second kappa shape index (κ2) is 8.68. The molecule has 0 aliphatic carbocycles. The molecule has 7 heteroatoms. The molecule has 2 aromatic heterocycles. The number of urea groups is 1. The number of ether oxygens (including phenoxy) is 1. The highest BCUT2D eigenvalue weighted by Gasteiger charge is 2.24. The van der Waals surface area contributed by atoms with Gasteiger partial charge in [-0.15, -0.1) is 0 Å². The molecule has 0 saturated carbocycles. The van der Waals surface area contributed by atoms with Crippen LogP contribution in [0.25, 0.3) is 11.1 Å². The fourth-order valence-corrected chi connectivity index (χ4v) is 3.29. The molecular weight excluding hydrogens is 371 g/mol. The Morgan fingerprint density at radius 2 is 1.90 bits per heavy atom. The number of carbonyl (C=O) groups is 1. The molecule has 0 bridgehead atoms. The minimum Gasteiger partial charge on any atom is -0.474 e. The van der Waals surface area contributed by atoms with Gasteiger partial charge in [-0.1, -0.05) is 18.2 Å². The van der Waals surface area contributed by atoms with Crippen LogP contribution in [-0.4, -0.2) is 40.1 Å². The lowest BCUT2D eigenvalue weighted by Gasteiger charge is -2.32. The number of anilines is 1. The zero-order valence-electron chi connectivity index (χ0n) is 15.8. The standard InChI is InChI=1S/C22H21FN4O2/c23-18-6-7-21(25-15-18)29-20-8-11-27(12-9-20)22(28)26-19-5-1-3-16(13-19)17-4-2-10-24-14-17/h1-7,10,13-15,20H,8-9,11-12H2,(H,26,28). The lowest BCUT2D eigenvalue weighted by molar-refractivity contribution is 0.111. The first-order valence-electron chi connectivity index (χ1n) is 9.52. The lowest BCUT2D eigenvalue weighted by atomic mass is 10.1. The molecule has 0 spiro atoms. The Hall–Kier alpha value is -3.48. The Bertz CT molecular complexity index is 958. The van der Waals surface area contributed by atoms with Crippen LogP contribution in [0, 0.1) is 5.82 Å². The second-order valence-corrected chi connectivity index (χ2v) is 6.87. The number of nitrogens with zero attached hydrogens (tertiary/aromatic N) is 3. The van der Waals surface area contributed by atoms with Gasteiger partial charge < -0.3 is 15.0 Å². The van der Waals surface area contributed by atoms with Crippen LogP contribution < -0.4 is 10.1 Å². The average molecular weight is 392 g/mol. The number of aromatic nitrogens is 2. The molecule has 1 saturated heterocycles. The van der Waals surface area contributed by atoms with Crippen molar-refractivity contribution in [3.63, 3.8) is 0 Å². The van der Waals surface area contributed by atoms with E-state index in [4.69, 9.17) is 4.74 Å². The van der Waals surface area contributed by atoms with Crippen molar-refractivity contribution in [3.8, 4) is 17.0 Å². The fourth-order valence-electron chi connectivity index (χ4n) is 3.29. The molecule has 6 nitrogen and oxygen atoms in total. The van der Waals surface area contributed by atoms with Crippen molar-refractivity contribution in [3.05, 3.63) is 72.9 Å². The van der Waals surface area contributed by atoms with Gasteiger partial charge in [-0.2, -0.15) is 0 Å². The molecule has 1 aliphatic rings. The Kier molecular flexibility index (Phi) is 5.65. The zero-order valence-corrected chi connectivity index (χ0v) is 15.8. The molecule has 3 heterocycles. The number of carbonyl (C=O) groups excluding carboxylic acids is 1. The van der Waals surface area contributed by atoms with Gasteiger partial charge in [-0.25, -0.2) is 14.2 Å². The van der Waals surface area contributed by atoms with E-state index in [1.807, 2.05) is 36.4 Å². The average Bonchev–Trinajstić information content (AvgIpc) is 2.77. The van der Waals surface area contributed by atoms with Gasteiger partial charge in [-0.3, -0.25) is 4.98 Å². The maximum atomic E-state index is 12.9.